The molecule has 0 saturated carbocycles. The van der Waals surface area contributed by atoms with Gasteiger partial charge in [-0.1, -0.05) is 18.2 Å². The molecule has 3 nitrogen and oxygen atoms in total. The minimum Gasteiger partial charge on any atom is -0.481 e. The summed E-state index contributed by atoms with van der Waals surface area (Å²) in [4.78, 5) is 21.2. The van der Waals surface area contributed by atoms with Gasteiger partial charge in [0.1, 0.15) is 6.42 Å². The Labute approximate surface area is 101 Å². The molecule has 0 aromatic heterocycles. The third-order valence-corrected chi connectivity index (χ3v) is 2.03. The average molecular weight is 258 g/mol. The van der Waals surface area contributed by atoms with Crippen LogP contribution in [0.25, 0.3) is 6.08 Å². The van der Waals surface area contributed by atoms with Gasteiger partial charge in [0, 0.05) is 0 Å². The van der Waals surface area contributed by atoms with Crippen molar-refractivity contribution in [2.45, 2.75) is 12.6 Å². The second-order valence-corrected chi connectivity index (χ2v) is 3.49. The maximum atomic E-state index is 12.2. The highest BCUT2D eigenvalue weighted by molar-refractivity contribution is 6.03. The Balaban J connectivity index is 2.72. The largest absolute Gasteiger partial charge is 0.481 e. The Morgan fingerprint density at radius 1 is 1.17 bits per heavy atom. The topological polar surface area (TPSA) is 54.4 Å². The SMILES string of the molecule is O=C(O)CC(=O)/C=C/c1ccc(C(F)(F)F)cc1. The van der Waals surface area contributed by atoms with Crippen molar-refractivity contribution in [2.24, 2.45) is 0 Å². The van der Waals surface area contributed by atoms with Crippen LogP contribution in [0.15, 0.2) is 30.3 Å². The summed E-state index contributed by atoms with van der Waals surface area (Å²) >= 11 is 0. The lowest BCUT2D eigenvalue weighted by atomic mass is 10.1. The second kappa shape index (κ2) is 5.48. The molecule has 1 N–H and O–H groups in total. The van der Waals surface area contributed by atoms with E-state index >= 15 is 0 Å². The van der Waals surface area contributed by atoms with Gasteiger partial charge >= 0.3 is 12.1 Å². The van der Waals surface area contributed by atoms with Crippen LogP contribution in [-0.4, -0.2) is 16.9 Å². The van der Waals surface area contributed by atoms with E-state index < -0.39 is 29.9 Å². The van der Waals surface area contributed by atoms with Crippen LogP contribution < -0.4 is 0 Å². The first-order valence-corrected chi connectivity index (χ1v) is 4.89. The van der Waals surface area contributed by atoms with Gasteiger partial charge in [-0.15, -0.1) is 0 Å². The molecule has 0 aliphatic heterocycles. The summed E-state index contributed by atoms with van der Waals surface area (Å²) in [5.74, 6) is -1.88. The molecular weight excluding hydrogens is 249 g/mol. The van der Waals surface area contributed by atoms with E-state index in [1.165, 1.54) is 18.2 Å². The normalized spacial score (nSPS) is 11.7. The zero-order valence-electron chi connectivity index (χ0n) is 9.07. The molecule has 0 aliphatic carbocycles. The maximum Gasteiger partial charge on any atom is 0.416 e. The van der Waals surface area contributed by atoms with E-state index in [-0.39, 0.29) is 0 Å². The van der Waals surface area contributed by atoms with Crippen LogP contribution in [0.3, 0.4) is 0 Å². The number of carboxylic acids is 1. The van der Waals surface area contributed by atoms with Crippen molar-refractivity contribution in [1.29, 1.82) is 0 Å². The molecular formula is C12H9F3O3. The van der Waals surface area contributed by atoms with Crippen molar-refractivity contribution in [1.82, 2.24) is 0 Å². The van der Waals surface area contributed by atoms with Crippen molar-refractivity contribution in [2.75, 3.05) is 0 Å². The molecule has 1 rings (SSSR count). The van der Waals surface area contributed by atoms with Gasteiger partial charge in [0.2, 0.25) is 0 Å². The lowest BCUT2D eigenvalue weighted by Crippen LogP contribution is -2.04. The molecule has 0 fully saturated rings. The van der Waals surface area contributed by atoms with Crippen molar-refractivity contribution in [3.05, 3.63) is 41.5 Å². The number of ketones is 1. The molecule has 0 spiro atoms. The van der Waals surface area contributed by atoms with Crippen molar-refractivity contribution in [3.8, 4) is 0 Å². The summed E-state index contributed by atoms with van der Waals surface area (Å²) < 4.78 is 36.7. The lowest BCUT2D eigenvalue weighted by molar-refractivity contribution is -0.139. The quantitative estimate of drug-likeness (QED) is 0.667. The first-order chi connectivity index (χ1) is 8.29. The number of carbonyl (C=O) groups is 2. The highest BCUT2D eigenvalue weighted by Gasteiger charge is 2.29. The number of benzene rings is 1. The summed E-state index contributed by atoms with van der Waals surface area (Å²) in [6.07, 6.45) is -2.75. The Morgan fingerprint density at radius 2 is 1.72 bits per heavy atom. The van der Waals surface area contributed by atoms with Crippen LogP contribution in [0.1, 0.15) is 17.5 Å². The van der Waals surface area contributed by atoms with Gasteiger partial charge in [0.05, 0.1) is 5.56 Å². The van der Waals surface area contributed by atoms with E-state index in [0.717, 1.165) is 18.2 Å². The monoisotopic (exact) mass is 258 g/mol. The fourth-order valence-electron chi connectivity index (χ4n) is 1.18. The fourth-order valence-corrected chi connectivity index (χ4v) is 1.18. The molecule has 1 aromatic carbocycles. The molecule has 96 valence electrons. The minimum absolute atomic E-state index is 0.390. The molecule has 18 heavy (non-hydrogen) atoms. The molecule has 0 saturated heterocycles. The van der Waals surface area contributed by atoms with Gasteiger partial charge in [-0.05, 0) is 23.8 Å². The second-order valence-electron chi connectivity index (χ2n) is 3.49. The maximum absolute atomic E-state index is 12.2. The Bertz CT molecular complexity index is 472. The van der Waals surface area contributed by atoms with Gasteiger partial charge in [0.15, 0.2) is 5.78 Å². The van der Waals surface area contributed by atoms with Crippen molar-refractivity contribution >= 4 is 17.8 Å². The number of allylic oxidation sites excluding steroid dienone is 1. The van der Waals surface area contributed by atoms with Crippen LogP contribution in [0.2, 0.25) is 0 Å². The summed E-state index contributed by atoms with van der Waals surface area (Å²) in [5, 5.41) is 8.33. The highest BCUT2D eigenvalue weighted by atomic mass is 19.4. The highest BCUT2D eigenvalue weighted by Crippen LogP contribution is 2.29. The van der Waals surface area contributed by atoms with E-state index in [9.17, 15) is 22.8 Å². The number of rotatable bonds is 4. The Hall–Kier alpha value is -2.11. The molecule has 0 unspecified atom stereocenters. The molecule has 0 heterocycles. The lowest BCUT2D eigenvalue weighted by Gasteiger charge is -2.05. The summed E-state index contributed by atoms with van der Waals surface area (Å²) in [6.45, 7) is 0. The fraction of sp³-hybridized carbons (Fsp3) is 0.167. The average Bonchev–Trinajstić information content (AvgIpc) is 2.25. The van der Waals surface area contributed by atoms with Gasteiger partial charge in [-0.25, -0.2) is 0 Å². The van der Waals surface area contributed by atoms with E-state index in [0.29, 0.717) is 5.56 Å². The van der Waals surface area contributed by atoms with Crippen LogP contribution in [0.4, 0.5) is 13.2 Å². The van der Waals surface area contributed by atoms with Gasteiger partial charge in [-0.2, -0.15) is 13.2 Å². The third-order valence-electron chi connectivity index (χ3n) is 2.03. The first-order valence-electron chi connectivity index (χ1n) is 4.89. The molecule has 6 heteroatoms. The number of aliphatic carboxylic acids is 1. The predicted molar refractivity (Wildman–Crippen MR) is 57.7 cm³/mol. The van der Waals surface area contributed by atoms with Crippen LogP contribution in [-0.2, 0) is 15.8 Å². The van der Waals surface area contributed by atoms with Crippen LogP contribution in [0, 0.1) is 0 Å². The van der Waals surface area contributed by atoms with Crippen molar-refractivity contribution in [3.63, 3.8) is 0 Å². The number of hydrogen-bond donors (Lipinski definition) is 1. The smallest absolute Gasteiger partial charge is 0.416 e. The molecule has 0 aliphatic rings. The minimum atomic E-state index is -4.40. The van der Waals surface area contributed by atoms with Crippen LogP contribution in [0.5, 0.6) is 0 Å². The third kappa shape index (κ3) is 4.40. The Kier molecular flexibility index (Phi) is 4.25. The van der Waals surface area contributed by atoms with E-state index in [4.69, 9.17) is 5.11 Å². The predicted octanol–water partition coefficient (Wildman–Crippen LogP) is 2.76. The number of carbonyl (C=O) groups excluding carboxylic acids is 1. The molecule has 0 radical (unpaired) electrons. The van der Waals surface area contributed by atoms with Gasteiger partial charge in [0.25, 0.3) is 0 Å². The number of alkyl halides is 3. The number of halogens is 3. The zero-order chi connectivity index (χ0) is 13.8. The summed E-state index contributed by atoms with van der Waals surface area (Å²) in [6, 6.07) is 4.18. The van der Waals surface area contributed by atoms with Crippen molar-refractivity contribution < 1.29 is 27.9 Å². The number of hydrogen-bond acceptors (Lipinski definition) is 2. The zero-order valence-corrected chi connectivity index (χ0v) is 9.07. The van der Waals surface area contributed by atoms with E-state index in [2.05, 4.69) is 0 Å². The van der Waals surface area contributed by atoms with Crippen LogP contribution >= 0.6 is 0 Å². The molecule has 0 atom stereocenters. The molecule has 0 bridgehead atoms. The summed E-state index contributed by atoms with van der Waals surface area (Å²) in [7, 11) is 0. The van der Waals surface area contributed by atoms with E-state index in [1.54, 1.807) is 0 Å². The first kappa shape index (κ1) is 14.0. The summed E-state index contributed by atoms with van der Waals surface area (Å²) in [5.41, 5.74) is -0.391. The van der Waals surface area contributed by atoms with Gasteiger partial charge < -0.3 is 5.11 Å². The number of carboxylic acid groups (broad SMARTS) is 1. The molecule has 1 aromatic rings. The van der Waals surface area contributed by atoms with E-state index in [1.807, 2.05) is 0 Å². The van der Waals surface area contributed by atoms with Gasteiger partial charge in [-0.3, -0.25) is 9.59 Å². The molecule has 0 amide bonds. The standard InChI is InChI=1S/C12H9F3O3/c13-12(14,15)9-4-1-8(2-5-9)3-6-10(16)7-11(17)18/h1-6H,7H2,(H,17,18)/b6-3+. The Morgan fingerprint density at radius 3 is 2.17 bits per heavy atom.